The molecule has 0 bridgehead atoms. The quantitative estimate of drug-likeness (QED) is 0.773. The molecule has 0 aliphatic rings. The molecule has 0 radical (unpaired) electrons. The van der Waals surface area contributed by atoms with Gasteiger partial charge in [-0.05, 0) is 39.0 Å². The Bertz CT molecular complexity index is 456. The maximum atomic E-state index is 13.0. The lowest BCUT2D eigenvalue weighted by molar-refractivity contribution is -0.175. The van der Waals surface area contributed by atoms with Gasteiger partial charge in [0.1, 0.15) is 11.9 Å². The maximum Gasteiger partial charge on any atom is 0.408 e. The van der Waals surface area contributed by atoms with Crippen molar-refractivity contribution in [2.75, 3.05) is 0 Å². The normalized spacial score (nSPS) is 13.5. The molecule has 0 fully saturated rings. The number of carbonyl (C=O) groups excluding carboxylic acids is 1. The van der Waals surface area contributed by atoms with E-state index in [0.29, 0.717) is 4.90 Å². The highest BCUT2D eigenvalue weighted by Crippen LogP contribution is 2.27. The lowest BCUT2D eigenvalue weighted by Gasteiger charge is -2.34. The highest BCUT2D eigenvalue weighted by Gasteiger charge is 2.43. The Morgan fingerprint density at radius 2 is 1.79 bits per heavy atom. The van der Waals surface area contributed by atoms with Crippen LogP contribution in [0, 0.1) is 5.82 Å². The number of halogens is 4. The lowest BCUT2D eigenvalue weighted by Crippen LogP contribution is -2.50. The lowest BCUT2D eigenvalue weighted by atomic mass is 10.1. The molecule has 19 heavy (non-hydrogen) atoms. The van der Waals surface area contributed by atoms with Crippen LogP contribution in [0.3, 0.4) is 0 Å². The summed E-state index contributed by atoms with van der Waals surface area (Å²) in [4.78, 5) is 12.8. The molecule has 0 aromatic heterocycles. The summed E-state index contributed by atoms with van der Waals surface area (Å²) >= 11 is 0. The third-order valence-electron chi connectivity index (χ3n) is 2.75. The summed E-state index contributed by atoms with van der Waals surface area (Å²) in [6.07, 6.45) is -4.52. The van der Waals surface area contributed by atoms with Crippen molar-refractivity contribution in [2.24, 2.45) is 0 Å². The zero-order chi connectivity index (χ0) is 14.8. The minimum Gasteiger partial charge on any atom is -0.324 e. The molecule has 0 spiro atoms. The predicted octanol–water partition coefficient (Wildman–Crippen LogP) is 3.63. The standard InChI is InChI=1S/C13H15F4NO/c1-8(2)18(9(3)13(15,16)17)12(19)10-5-4-6-11(14)7-10/h4-9H,1-3H3/t9-/m1/s1. The highest BCUT2D eigenvalue weighted by atomic mass is 19.4. The fourth-order valence-electron chi connectivity index (χ4n) is 1.79. The van der Waals surface area contributed by atoms with E-state index in [0.717, 1.165) is 19.1 Å². The first-order chi connectivity index (χ1) is 8.64. The minimum atomic E-state index is -4.52. The molecule has 2 nitrogen and oxygen atoms in total. The number of hydrogen-bond acceptors (Lipinski definition) is 1. The second-order valence-electron chi connectivity index (χ2n) is 4.53. The minimum absolute atomic E-state index is 0.0928. The van der Waals surface area contributed by atoms with Crippen molar-refractivity contribution in [1.29, 1.82) is 0 Å². The Kier molecular flexibility index (Phi) is 4.55. The molecule has 0 saturated carbocycles. The summed E-state index contributed by atoms with van der Waals surface area (Å²) in [6, 6.07) is 2.07. The maximum absolute atomic E-state index is 13.0. The van der Waals surface area contributed by atoms with E-state index in [4.69, 9.17) is 0 Å². The zero-order valence-electron chi connectivity index (χ0n) is 10.8. The summed E-state index contributed by atoms with van der Waals surface area (Å²) in [5, 5.41) is 0. The molecule has 0 saturated heterocycles. The average Bonchev–Trinajstić information content (AvgIpc) is 2.27. The molecule has 1 rings (SSSR count). The SMILES string of the molecule is CC(C)N(C(=O)c1cccc(F)c1)[C@H](C)C(F)(F)F. The van der Waals surface area contributed by atoms with Gasteiger partial charge in [-0.25, -0.2) is 4.39 Å². The van der Waals surface area contributed by atoms with Gasteiger partial charge >= 0.3 is 6.18 Å². The Morgan fingerprint density at radius 3 is 2.21 bits per heavy atom. The van der Waals surface area contributed by atoms with Crippen LogP contribution in [0.2, 0.25) is 0 Å². The molecule has 0 aliphatic carbocycles. The number of benzene rings is 1. The predicted molar refractivity (Wildman–Crippen MR) is 63.2 cm³/mol. The summed E-state index contributed by atoms with van der Waals surface area (Å²) in [5.41, 5.74) is -0.0928. The van der Waals surface area contributed by atoms with E-state index in [-0.39, 0.29) is 5.56 Å². The van der Waals surface area contributed by atoms with Gasteiger partial charge in [-0.1, -0.05) is 6.07 Å². The fraction of sp³-hybridized carbons (Fsp3) is 0.462. The zero-order valence-corrected chi connectivity index (χ0v) is 10.8. The van der Waals surface area contributed by atoms with Crippen LogP contribution in [0.1, 0.15) is 31.1 Å². The van der Waals surface area contributed by atoms with Crippen LogP contribution >= 0.6 is 0 Å². The third kappa shape index (κ3) is 3.68. The molecule has 1 atom stereocenters. The van der Waals surface area contributed by atoms with Gasteiger partial charge in [-0.3, -0.25) is 4.79 Å². The molecule has 6 heteroatoms. The molecular formula is C13H15F4NO. The van der Waals surface area contributed by atoms with E-state index >= 15 is 0 Å². The summed E-state index contributed by atoms with van der Waals surface area (Å²) in [5.74, 6) is -1.49. The summed E-state index contributed by atoms with van der Waals surface area (Å²) in [7, 11) is 0. The van der Waals surface area contributed by atoms with Crippen LogP contribution in [0.5, 0.6) is 0 Å². The van der Waals surface area contributed by atoms with Crippen molar-refractivity contribution in [2.45, 2.75) is 39.0 Å². The molecule has 1 amide bonds. The average molecular weight is 277 g/mol. The van der Waals surface area contributed by atoms with Gasteiger partial charge in [0.2, 0.25) is 0 Å². The van der Waals surface area contributed by atoms with Crippen molar-refractivity contribution in [3.05, 3.63) is 35.6 Å². The van der Waals surface area contributed by atoms with Crippen LogP contribution < -0.4 is 0 Å². The van der Waals surface area contributed by atoms with Gasteiger partial charge < -0.3 is 4.90 Å². The fourth-order valence-corrected chi connectivity index (χ4v) is 1.79. The highest BCUT2D eigenvalue weighted by molar-refractivity contribution is 5.94. The van der Waals surface area contributed by atoms with E-state index in [2.05, 4.69) is 0 Å². The molecule has 1 aromatic rings. The van der Waals surface area contributed by atoms with Gasteiger partial charge in [0, 0.05) is 11.6 Å². The smallest absolute Gasteiger partial charge is 0.324 e. The Balaban J connectivity index is 3.10. The van der Waals surface area contributed by atoms with Gasteiger partial charge in [0.15, 0.2) is 0 Å². The Morgan fingerprint density at radius 1 is 1.21 bits per heavy atom. The van der Waals surface area contributed by atoms with E-state index in [9.17, 15) is 22.4 Å². The Labute approximate surface area is 109 Å². The van der Waals surface area contributed by atoms with E-state index < -0.39 is 30.0 Å². The van der Waals surface area contributed by atoms with Gasteiger partial charge in [0.05, 0.1) is 0 Å². The second-order valence-corrected chi connectivity index (χ2v) is 4.53. The monoisotopic (exact) mass is 277 g/mol. The molecule has 0 heterocycles. The molecule has 106 valence electrons. The van der Waals surface area contributed by atoms with Crippen molar-refractivity contribution < 1.29 is 22.4 Å². The van der Waals surface area contributed by atoms with Crippen molar-refractivity contribution in [1.82, 2.24) is 4.90 Å². The van der Waals surface area contributed by atoms with E-state index in [1.54, 1.807) is 0 Å². The molecule has 1 aromatic carbocycles. The van der Waals surface area contributed by atoms with Crippen molar-refractivity contribution in [3.63, 3.8) is 0 Å². The molecule has 0 unspecified atom stereocenters. The van der Waals surface area contributed by atoms with E-state index in [1.807, 2.05) is 0 Å². The van der Waals surface area contributed by atoms with Crippen LogP contribution in [0.25, 0.3) is 0 Å². The first-order valence-corrected chi connectivity index (χ1v) is 5.79. The van der Waals surface area contributed by atoms with Gasteiger partial charge in [-0.2, -0.15) is 13.2 Å². The van der Waals surface area contributed by atoms with Gasteiger partial charge in [-0.15, -0.1) is 0 Å². The van der Waals surface area contributed by atoms with E-state index in [1.165, 1.54) is 26.0 Å². The number of hydrogen-bond donors (Lipinski definition) is 0. The summed E-state index contributed by atoms with van der Waals surface area (Å²) in [6.45, 7) is 3.88. The summed E-state index contributed by atoms with van der Waals surface area (Å²) < 4.78 is 51.3. The number of nitrogens with zero attached hydrogens (tertiary/aromatic N) is 1. The second kappa shape index (κ2) is 5.59. The molecule has 0 aliphatic heterocycles. The Hall–Kier alpha value is -1.59. The molecular weight excluding hydrogens is 262 g/mol. The number of carbonyl (C=O) groups is 1. The number of rotatable bonds is 3. The van der Waals surface area contributed by atoms with Crippen molar-refractivity contribution in [3.8, 4) is 0 Å². The molecule has 0 N–H and O–H groups in total. The van der Waals surface area contributed by atoms with Crippen LogP contribution in [-0.2, 0) is 0 Å². The topological polar surface area (TPSA) is 20.3 Å². The largest absolute Gasteiger partial charge is 0.408 e. The first-order valence-electron chi connectivity index (χ1n) is 5.79. The van der Waals surface area contributed by atoms with Crippen LogP contribution in [0.15, 0.2) is 24.3 Å². The van der Waals surface area contributed by atoms with Gasteiger partial charge in [0.25, 0.3) is 5.91 Å². The van der Waals surface area contributed by atoms with Crippen molar-refractivity contribution >= 4 is 5.91 Å². The number of amides is 1. The van der Waals surface area contributed by atoms with Crippen LogP contribution in [-0.4, -0.2) is 29.1 Å². The number of alkyl halides is 3. The third-order valence-corrected chi connectivity index (χ3v) is 2.75. The van der Waals surface area contributed by atoms with Crippen LogP contribution in [0.4, 0.5) is 17.6 Å². The first kappa shape index (κ1) is 15.5.